The Bertz CT molecular complexity index is 1490. The van der Waals surface area contributed by atoms with Gasteiger partial charge in [-0.25, -0.2) is 9.78 Å². The molecule has 1 fully saturated rings. The number of aromatic nitrogens is 2. The normalized spacial score (nSPS) is 14.7. The summed E-state index contributed by atoms with van der Waals surface area (Å²) in [6, 6.07) is 4.66. The minimum absolute atomic E-state index is 0.0762. The minimum Gasteiger partial charge on any atom is -0.493 e. The van der Waals surface area contributed by atoms with Crippen molar-refractivity contribution in [1.82, 2.24) is 19.4 Å². The van der Waals surface area contributed by atoms with E-state index in [2.05, 4.69) is 16.8 Å². The molecule has 1 aliphatic heterocycles. The number of nitrogens with zero attached hydrogens (tertiary/aromatic N) is 4. The van der Waals surface area contributed by atoms with Crippen LogP contribution in [0.3, 0.4) is 0 Å². The summed E-state index contributed by atoms with van der Waals surface area (Å²) in [4.78, 5) is 36.6. The lowest BCUT2D eigenvalue weighted by Crippen LogP contribution is -2.48. The van der Waals surface area contributed by atoms with Crippen molar-refractivity contribution < 1.29 is 38.0 Å². The first kappa shape index (κ1) is 31.7. The predicted molar refractivity (Wildman–Crippen MR) is 160 cm³/mol. The van der Waals surface area contributed by atoms with Gasteiger partial charge < -0.3 is 38.1 Å². The number of likely N-dealkylation sites (N-methyl/N-ethyl adjacent to an activating group) is 1. The van der Waals surface area contributed by atoms with Crippen molar-refractivity contribution in [3.8, 4) is 34.5 Å². The van der Waals surface area contributed by atoms with E-state index in [9.17, 15) is 9.59 Å². The van der Waals surface area contributed by atoms with Crippen LogP contribution in [0.1, 0.15) is 16.2 Å². The fourth-order valence-electron chi connectivity index (χ4n) is 5.22. The smallest absolute Gasteiger partial charge is 0.338 e. The molecule has 0 saturated carbocycles. The third kappa shape index (κ3) is 6.57. The second-order valence-electron chi connectivity index (χ2n) is 10.2. The number of benzene rings is 2. The van der Waals surface area contributed by atoms with Crippen molar-refractivity contribution in [2.75, 3.05) is 82.4 Å². The number of hydrogen-bond acceptors (Lipinski definition) is 12. The molecule has 1 saturated heterocycles. The van der Waals surface area contributed by atoms with Gasteiger partial charge in [-0.2, -0.15) is 0 Å². The Morgan fingerprint density at radius 2 is 1.35 bits per heavy atom. The van der Waals surface area contributed by atoms with Gasteiger partial charge in [-0.05, 0) is 32.2 Å². The van der Waals surface area contributed by atoms with Crippen LogP contribution in [0, 0.1) is 6.92 Å². The summed E-state index contributed by atoms with van der Waals surface area (Å²) < 4.78 is 40.3. The van der Waals surface area contributed by atoms with Crippen LogP contribution < -0.4 is 34.0 Å². The minimum atomic E-state index is -0.687. The SMILES string of the molecule is COc1cc(C(=O)OC(CN2CCN(C)CC2)Cn2c(C)nc3c(OC)c(OC)c(OC)cc3c2=O)cc(OC)c1OC. The third-order valence-electron chi connectivity index (χ3n) is 7.56. The van der Waals surface area contributed by atoms with Gasteiger partial charge in [-0.3, -0.25) is 14.3 Å². The lowest BCUT2D eigenvalue weighted by Gasteiger charge is -2.34. The van der Waals surface area contributed by atoms with Crippen LogP contribution in [0.25, 0.3) is 10.9 Å². The number of carbonyl (C=O) groups excluding carboxylic acids is 1. The first-order valence-corrected chi connectivity index (χ1v) is 13.8. The van der Waals surface area contributed by atoms with Crippen molar-refractivity contribution in [2.45, 2.75) is 19.6 Å². The van der Waals surface area contributed by atoms with Gasteiger partial charge in [0.2, 0.25) is 11.5 Å². The highest BCUT2D eigenvalue weighted by Crippen LogP contribution is 2.42. The standard InChI is InChI=1S/C30H40N4O9/c1-18-31-25-21(15-24(39-5)27(41-7)28(25)42-8)29(35)34(18)17-20(16-33-11-9-32(2)10-12-33)43-30(36)19-13-22(37-3)26(40-6)23(14-19)38-4/h13-15,20H,9-12,16-17H2,1-8H3. The molecular weight excluding hydrogens is 560 g/mol. The number of methoxy groups -OCH3 is 6. The molecule has 2 heterocycles. The van der Waals surface area contributed by atoms with Gasteiger partial charge in [-0.1, -0.05) is 0 Å². The molecule has 0 radical (unpaired) electrons. The fourth-order valence-corrected chi connectivity index (χ4v) is 5.22. The Hall–Kier alpha value is -4.23. The van der Waals surface area contributed by atoms with E-state index in [-0.39, 0.29) is 23.1 Å². The Balaban J connectivity index is 1.74. The summed E-state index contributed by atoms with van der Waals surface area (Å²) >= 11 is 0. The number of rotatable bonds is 12. The largest absolute Gasteiger partial charge is 0.493 e. The Labute approximate surface area is 250 Å². The Morgan fingerprint density at radius 1 is 0.791 bits per heavy atom. The maximum atomic E-state index is 13.9. The first-order chi connectivity index (χ1) is 20.7. The molecule has 1 aliphatic rings. The summed E-state index contributed by atoms with van der Waals surface area (Å²) in [5.74, 6) is 1.83. The van der Waals surface area contributed by atoms with Gasteiger partial charge >= 0.3 is 5.97 Å². The molecule has 13 heteroatoms. The Morgan fingerprint density at radius 3 is 1.88 bits per heavy atom. The second kappa shape index (κ2) is 13.8. The maximum Gasteiger partial charge on any atom is 0.338 e. The zero-order valence-corrected chi connectivity index (χ0v) is 26.0. The van der Waals surface area contributed by atoms with Gasteiger partial charge in [-0.15, -0.1) is 0 Å². The maximum absolute atomic E-state index is 13.9. The number of aryl methyl sites for hydroxylation is 1. The van der Waals surface area contributed by atoms with E-state index in [0.717, 1.165) is 26.2 Å². The number of ether oxygens (including phenoxy) is 7. The molecule has 234 valence electrons. The lowest BCUT2D eigenvalue weighted by atomic mass is 10.1. The molecule has 0 amide bonds. The third-order valence-corrected chi connectivity index (χ3v) is 7.56. The summed E-state index contributed by atoms with van der Waals surface area (Å²) in [5.41, 5.74) is 0.248. The van der Waals surface area contributed by atoms with Crippen LogP contribution in [0.5, 0.6) is 34.5 Å². The van der Waals surface area contributed by atoms with Gasteiger partial charge in [0.15, 0.2) is 23.0 Å². The average Bonchev–Trinajstić information content (AvgIpc) is 3.02. The van der Waals surface area contributed by atoms with E-state index in [1.165, 1.54) is 59.4 Å². The molecule has 1 unspecified atom stereocenters. The molecular formula is C30H40N4O9. The molecule has 3 aromatic rings. The van der Waals surface area contributed by atoms with Crippen LogP contribution in [0.15, 0.2) is 23.0 Å². The number of carbonyl (C=O) groups is 1. The molecule has 0 aliphatic carbocycles. The molecule has 43 heavy (non-hydrogen) atoms. The van der Waals surface area contributed by atoms with E-state index in [1.807, 2.05) is 0 Å². The van der Waals surface area contributed by atoms with E-state index in [4.69, 9.17) is 38.1 Å². The summed E-state index contributed by atoms with van der Waals surface area (Å²) in [7, 11) is 11.0. The highest BCUT2D eigenvalue weighted by atomic mass is 16.6. The summed E-state index contributed by atoms with van der Waals surface area (Å²) in [6.45, 7) is 5.58. The summed E-state index contributed by atoms with van der Waals surface area (Å²) in [5, 5.41) is 0.286. The van der Waals surface area contributed by atoms with Crippen LogP contribution in [-0.4, -0.2) is 114 Å². The molecule has 1 atom stereocenters. The zero-order valence-electron chi connectivity index (χ0n) is 26.0. The van der Waals surface area contributed by atoms with Crippen LogP contribution in [0.4, 0.5) is 0 Å². The van der Waals surface area contributed by atoms with Gasteiger partial charge in [0.25, 0.3) is 5.56 Å². The molecule has 0 N–H and O–H groups in total. The molecule has 2 aromatic carbocycles. The van der Waals surface area contributed by atoms with Crippen LogP contribution in [-0.2, 0) is 11.3 Å². The van der Waals surface area contributed by atoms with Gasteiger partial charge in [0.1, 0.15) is 17.4 Å². The van der Waals surface area contributed by atoms with Gasteiger partial charge in [0, 0.05) is 32.7 Å². The average molecular weight is 601 g/mol. The first-order valence-electron chi connectivity index (χ1n) is 13.8. The molecule has 0 bridgehead atoms. The van der Waals surface area contributed by atoms with E-state index in [0.29, 0.717) is 52.4 Å². The number of esters is 1. The Kier molecular flexibility index (Phi) is 10.2. The predicted octanol–water partition coefficient (Wildman–Crippen LogP) is 2.23. The monoisotopic (exact) mass is 600 g/mol. The van der Waals surface area contributed by atoms with Crippen molar-refractivity contribution in [3.05, 3.63) is 39.9 Å². The summed E-state index contributed by atoms with van der Waals surface area (Å²) in [6.07, 6.45) is -0.687. The van der Waals surface area contributed by atoms with Crippen molar-refractivity contribution >= 4 is 16.9 Å². The van der Waals surface area contributed by atoms with E-state index >= 15 is 0 Å². The molecule has 4 rings (SSSR count). The molecule has 13 nitrogen and oxygen atoms in total. The molecule has 1 aromatic heterocycles. The zero-order chi connectivity index (χ0) is 31.3. The molecule has 0 spiro atoms. The lowest BCUT2D eigenvalue weighted by molar-refractivity contribution is 0.00995. The van der Waals surface area contributed by atoms with Gasteiger partial charge in [0.05, 0.1) is 60.2 Å². The van der Waals surface area contributed by atoms with Crippen molar-refractivity contribution in [3.63, 3.8) is 0 Å². The number of piperazine rings is 1. The number of hydrogen-bond donors (Lipinski definition) is 0. The van der Waals surface area contributed by atoms with Crippen LogP contribution >= 0.6 is 0 Å². The quantitative estimate of drug-likeness (QED) is 0.283. The van der Waals surface area contributed by atoms with E-state index < -0.39 is 12.1 Å². The second-order valence-corrected chi connectivity index (χ2v) is 10.2. The van der Waals surface area contributed by atoms with Crippen LogP contribution in [0.2, 0.25) is 0 Å². The number of fused-ring (bicyclic) bond motifs is 1. The topological polar surface area (TPSA) is 123 Å². The fraction of sp³-hybridized carbons (Fsp3) is 0.500. The van der Waals surface area contributed by atoms with E-state index in [1.54, 1.807) is 13.0 Å². The highest BCUT2D eigenvalue weighted by Gasteiger charge is 2.27. The van der Waals surface area contributed by atoms with Crippen molar-refractivity contribution in [2.24, 2.45) is 0 Å². The van der Waals surface area contributed by atoms with Crippen molar-refractivity contribution in [1.29, 1.82) is 0 Å². The highest BCUT2D eigenvalue weighted by molar-refractivity contribution is 5.91.